The Kier molecular flexibility index (Phi) is 5.43. The van der Waals surface area contributed by atoms with Crippen molar-refractivity contribution in [3.8, 4) is 0 Å². The fraction of sp³-hybridized carbons (Fsp3) is 0.136. The highest BCUT2D eigenvalue weighted by Gasteiger charge is 2.29. The number of benzene rings is 3. The summed E-state index contributed by atoms with van der Waals surface area (Å²) < 4.78 is 27.8. The molecule has 0 atom stereocenters. The van der Waals surface area contributed by atoms with Crippen LogP contribution in [0.1, 0.15) is 22.3 Å². The van der Waals surface area contributed by atoms with Gasteiger partial charge in [-0.2, -0.15) is 0 Å². The highest BCUT2D eigenvalue weighted by molar-refractivity contribution is 7.92. The number of carbonyl (C=O) groups excluding carboxylic acids is 1. The Morgan fingerprint density at radius 2 is 1.65 bits per heavy atom. The molecule has 1 aliphatic rings. The molecule has 1 aliphatic heterocycles. The minimum absolute atomic E-state index is 0.0749. The third kappa shape index (κ3) is 3.99. The summed E-state index contributed by atoms with van der Waals surface area (Å²) in [6.07, 6.45) is 1.57. The number of para-hydroxylation sites is 2. The second kappa shape index (κ2) is 8.19. The summed E-state index contributed by atoms with van der Waals surface area (Å²) in [5.74, 6) is -0.645. The quantitative estimate of drug-likeness (QED) is 0.479. The summed E-state index contributed by atoms with van der Waals surface area (Å²) >= 11 is 0. The molecule has 0 fully saturated rings. The number of fused-ring (bicyclic) bond motifs is 1. The maximum Gasteiger partial charge on any atom is 0.282 e. The number of rotatable bonds is 5. The lowest BCUT2D eigenvalue weighted by Crippen LogP contribution is -2.35. The minimum atomic E-state index is -3.76. The number of hydrogen-bond donors (Lipinski definition) is 1. The van der Waals surface area contributed by atoms with Crippen molar-refractivity contribution in [2.45, 2.75) is 17.7 Å². The molecule has 0 spiro atoms. The molecule has 0 radical (unpaired) electrons. The van der Waals surface area contributed by atoms with Crippen molar-refractivity contribution in [2.24, 2.45) is 0 Å². The highest BCUT2D eigenvalue weighted by atomic mass is 32.2. The molecular weight excluding hydrogens is 418 g/mol. The van der Waals surface area contributed by atoms with Gasteiger partial charge in [-0.3, -0.25) is 19.2 Å². The normalized spacial score (nSPS) is 13.4. The molecule has 4 rings (SSSR count). The molecule has 1 heterocycles. The Morgan fingerprint density at radius 3 is 2.39 bits per heavy atom. The largest absolute Gasteiger partial charge is 0.322 e. The zero-order valence-corrected chi connectivity index (χ0v) is 17.2. The monoisotopic (exact) mass is 437 g/mol. The number of nitrogens with one attached hydrogen (secondary N) is 1. The van der Waals surface area contributed by atoms with Crippen LogP contribution in [0.4, 0.5) is 17.1 Å². The summed E-state index contributed by atoms with van der Waals surface area (Å²) in [5.41, 5.74) is 1.63. The van der Waals surface area contributed by atoms with Gasteiger partial charge in [0.2, 0.25) is 0 Å². The van der Waals surface area contributed by atoms with Crippen LogP contribution in [0.5, 0.6) is 0 Å². The van der Waals surface area contributed by atoms with Crippen molar-refractivity contribution < 1.29 is 18.1 Å². The molecule has 158 valence electrons. The average molecular weight is 437 g/mol. The molecule has 31 heavy (non-hydrogen) atoms. The van der Waals surface area contributed by atoms with Crippen molar-refractivity contribution in [3.63, 3.8) is 0 Å². The van der Waals surface area contributed by atoms with E-state index in [1.807, 2.05) is 18.2 Å². The van der Waals surface area contributed by atoms with Crippen LogP contribution in [0, 0.1) is 10.1 Å². The number of nitro benzene ring substituents is 1. The van der Waals surface area contributed by atoms with Gasteiger partial charge in [-0.05, 0) is 54.8 Å². The molecule has 0 aliphatic carbocycles. The van der Waals surface area contributed by atoms with Crippen molar-refractivity contribution in [1.82, 2.24) is 0 Å². The summed E-state index contributed by atoms with van der Waals surface area (Å²) in [6.45, 7) is 0.398. The number of aryl methyl sites for hydroxylation is 1. The van der Waals surface area contributed by atoms with Crippen LogP contribution < -0.4 is 9.62 Å². The Bertz CT molecular complexity index is 1260. The smallest absolute Gasteiger partial charge is 0.282 e. The summed E-state index contributed by atoms with van der Waals surface area (Å²) in [5, 5.41) is 13.7. The van der Waals surface area contributed by atoms with E-state index >= 15 is 0 Å². The molecule has 0 aromatic heterocycles. The van der Waals surface area contributed by atoms with E-state index in [2.05, 4.69) is 5.32 Å². The van der Waals surface area contributed by atoms with Gasteiger partial charge in [0.05, 0.1) is 15.5 Å². The lowest BCUT2D eigenvalue weighted by atomic mass is 10.0. The molecule has 0 saturated heterocycles. The van der Waals surface area contributed by atoms with Gasteiger partial charge < -0.3 is 5.32 Å². The molecule has 3 aromatic carbocycles. The first-order valence-corrected chi connectivity index (χ1v) is 11.1. The van der Waals surface area contributed by atoms with E-state index < -0.39 is 20.9 Å². The Hall–Kier alpha value is -3.72. The van der Waals surface area contributed by atoms with Crippen molar-refractivity contribution in [1.29, 1.82) is 0 Å². The van der Waals surface area contributed by atoms with Crippen LogP contribution in [0.2, 0.25) is 0 Å². The van der Waals surface area contributed by atoms with Gasteiger partial charge in [0, 0.05) is 18.3 Å². The fourth-order valence-corrected chi connectivity index (χ4v) is 5.15. The summed E-state index contributed by atoms with van der Waals surface area (Å²) in [4.78, 5) is 23.1. The fourth-order valence-electron chi connectivity index (χ4n) is 3.61. The minimum Gasteiger partial charge on any atom is -0.322 e. The van der Waals surface area contributed by atoms with Crippen LogP contribution in [-0.4, -0.2) is 25.8 Å². The average Bonchev–Trinajstić information content (AvgIpc) is 2.79. The molecule has 9 heteroatoms. The van der Waals surface area contributed by atoms with Gasteiger partial charge in [0.25, 0.3) is 21.6 Å². The first kappa shape index (κ1) is 20.5. The number of nitro groups is 1. The zero-order chi connectivity index (χ0) is 22.0. The molecule has 3 aromatic rings. The maximum absolute atomic E-state index is 13.2. The number of hydrogen-bond acceptors (Lipinski definition) is 5. The summed E-state index contributed by atoms with van der Waals surface area (Å²) in [7, 11) is -3.76. The maximum atomic E-state index is 13.2. The van der Waals surface area contributed by atoms with E-state index in [0.717, 1.165) is 18.4 Å². The number of carbonyl (C=O) groups is 1. The van der Waals surface area contributed by atoms with Gasteiger partial charge in [-0.25, -0.2) is 8.42 Å². The first-order valence-electron chi connectivity index (χ1n) is 9.63. The van der Waals surface area contributed by atoms with Crippen LogP contribution in [0.15, 0.2) is 77.7 Å². The van der Waals surface area contributed by atoms with Gasteiger partial charge in [0.1, 0.15) is 5.56 Å². The predicted molar refractivity (Wildman–Crippen MR) is 117 cm³/mol. The van der Waals surface area contributed by atoms with Gasteiger partial charge in [-0.1, -0.05) is 30.3 Å². The van der Waals surface area contributed by atoms with Crippen molar-refractivity contribution in [3.05, 3.63) is 94.0 Å². The van der Waals surface area contributed by atoms with Crippen LogP contribution in [0.3, 0.4) is 0 Å². The standard InChI is InChI=1S/C22H19N3O5S/c26-22(19-8-2-4-10-21(19)25(27)28)23-17-11-13-18(14-12-17)31(29,30)24-15-5-7-16-6-1-3-9-20(16)24/h1-4,6,8-14H,5,7,15H2,(H,23,26). The second-order valence-corrected chi connectivity index (χ2v) is 8.92. The van der Waals surface area contributed by atoms with E-state index in [1.165, 1.54) is 52.8 Å². The molecule has 0 saturated carbocycles. The third-order valence-electron chi connectivity index (χ3n) is 5.11. The first-order chi connectivity index (χ1) is 14.9. The van der Waals surface area contributed by atoms with Crippen molar-refractivity contribution >= 4 is 33.0 Å². The molecular formula is C22H19N3O5S. The van der Waals surface area contributed by atoms with E-state index in [4.69, 9.17) is 0 Å². The lowest BCUT2D eigenvalue weighted by molar-refractivity contribution is -0.385. The molecule has 1 N–H and O–H groups in total. The zero-order valence-electron chi connectivity index (χ0n) is 16.4. The summed E-state index contributed by atoms with van der Waals surface area (Å²) in [6, 6.07) is 18.8. The van der Waals surface area contributed by atoms with E-state index in [9.17, 15) is 23.3 Å². The van der Waals surface area contributed by atoms with Crippen molar-refractivity contribution in [2.75, 3.05) is 16.2 Å². The van der Waals surface area contributed by atoms with Gasteiger partial charge >= 0.3 is 0 Å². The number of amides is 1. The van der Waals surface area contributed by atoms with E-state index in [-0.39, 0.29) is 16.1 Å². The van der Waals surface area contributed by atoms with E-state index in [0.29, 0.717) is 17.9 Å². The molecule has 0 unspecified atom stereocenters. The van der Waals surface area contributed by atoms with Crippen LogP contribution >= 0.6 is 0 Å². The Morgan fingerprint density at radius 1 is 0.968 bits per heavy atom. The highest BCUT2D eigenvalue weighted by Crippen LogP contribution is 2.32. The Balaban J connectivity index is 1.57. The Labute approximate surface area is 179 Å². The topological polar surface area (TPSA) is 110 Å². The molecule has 1 amide bonds. The predicted octanol–water partition coefficient (Wildman–Crippen LogP) is 3.99. The molecule has 8 nitrogen and oxygen atoms in total. The van der Waals surface area contributed by atoms with Crippen LogP contribution in [0.25, 0.3) is 0 Å². The van der Waals surface area contributed by atoms with Gasteiger partial charge in [-0.15, -0.1) is 0 Å². The van der Waals surface area contributed by atoms with E-state index in [1.54, 1.807) is 6.07 Å². The lowest BCUT2D eigenvalue weighted by Gasteiger charge is -2.30. The van der Waals surface area contributed by atoms with Crippen LogP contribution in [-0.2, 0) is 16.4 Å². The third-order valence-corrected chi connectivity index (χ3v) is 6.94. The number of sulfonamides is 1. The second-order valence-electron chi connectivity index (χ2n) is 7.06. The number of anilines is 2. The van der Waals surface area contributed by atoms with Gasteiger partial charge in [0.15, 0.2) is 0 Å². The number of nitrogens with zero attached hydrogens (tertiary/aromatic N) is 2. The molecule has 0 bridgehead atoms. The SMILES string of the molecule is O=C(Nc1ccc(S(=O)(=O)N2CCCc3ccccc32)cc1)c1ccccc1[N+](=O)[O-].